The van der Waals surface area contributed by atoms with Crippen LogP contribution in [0.1, 0.15) is 32.9 Å². The standard InChI is InChI=1S/C26H22BrClFN3O2/c1-16-25(17(2)32(31-16)14-20-10-11-21(29)13-23(20)28)30-26(33)19-7-5-6-18(12-19)15-34-24-9-4-3-8-22(24)27/h3-13H,14-15H2,1-2H3,(H,30,33). The normalized spacial score (nSPS) is 10.9. The fraction of sp³-hybridized carbons (Fsp3) is 0.154. The van der Waals surface area contributed by atoms with E-state index in [9.17, 15) is 9.18 Å². The number of nitrogens with zero attached hydrogens (tertiary/aromatic N) is 2. The maximum absolute atomic E-state index is 13.4. The Morgan fingerprint density at radius 1 is 1.12 bits per heavy atom. The molecular weight excluding hydrogens is 521 g/mol. The number of ether oxygens (including phenoxy) is 1. The molecule has 1 N–H and O–H groups in total. The molecule has 1 amide bonds. The second-order valence-electron chi connectivity index (χ2n) is 7.81. The summed E-state index contributed by atoms with van der Waals surface area (Å²) in [6.07, 6.45) is 0. The van der Waals surface area contributed by atoms with Crippen LogP contribution in [-0.4, -0.2) is 15.7 Å². The molecule has 3 aromatic carbocycles. The Hall–Kier alpha value is -3.16. The summed E-state index contributed by atoms with van der Waals surface area (Å²) in [7, 11) is 0. The number of benzene rings is 3. The number of aryl methyl sites for hydroxylation is 1. The second-order valence-corrected chi connectivity index (χ2v) is 9.07. The number of hydrogen-bond donors (Lipinski definition) is 1. The molecule has 0 atom stereocenters. The van der Waals surface area contributed by atoms with Crippen molar-refractivity contribution in [2.24, 2.45) is 0 Å². The molecule has 0 aliphatic rings. The van der Waals surface area contributed by atoms with Gasteiger partial charge in [-0.3, -0.25) is 9.48 Å². The highest BCUT2D eigenvalue weighted by Gasteiger charge is 2.17. The molecule has 4 aromatic rings. The van der Waals surface area contributed by atoms with Gasteiger partial charge in [0.05, 0.1) is 28.1 Å². The van der Waals surface area contributed by atoms with E-state index in [0.29, 0.717) is 35.1 Å². The lowest BCUT2D eigenvalue weighted by atomic mass is 10.1. The number of aromatic nitrogens is 2. The van der Waals surface area contributed by atoms with E-state index in [-0.39, 0.29) is 11.7 Å². The summed E-state index contributed by atoms with van der Waals surface area (Å²) in [5.74, 6) is 0.102. The van der Waals surface area contributed by atoms with Gasteiger partial charge in [-0.25, -0.2) is 4.39 Å². The molecule has 0 fully saturated rings. The minimum absolute atomic E-state index is 0.242. The van der Waals surface area contributed by atoms with Crippen LogP contribution in [0.4, 0.5) is 10.1 Å². The van der Waals surface area contributed by atoms with Crippen LogP contribution >= 0.6 is 27.5 Å². The van der Waals surface area contributed by atoms with E-state index in [4.69, 9.17) is 16.3 Å². The van der Waals surface area contributed by atoms with Gasteiger partial charge in [0.25, 0.3) is 5.91 Å². The number of amides is 1. The van der Waals surface area contributed by atoms with Crippen molar-refractivity contribution in [3.63, 3.8) is 0 Å². The predicted molar refractivity (Wildman–Crippen MR) is 135 cm³/mol. The molecule has 0 spiro atoms. The molecule has 174 valence electrons. The van der Waals surface area contributed by atoms with Gasteiger partial charge in [-0.2, -0.15) is 5.10 Å². The lowest BCUT2D eigenvalue weighted by Crippen LogP contribution is -2.14. The summed E-state index contributed by atoms with van der Waals surface area (Å²) in [5, 5.41) is 7.83. The van der Waals surface area contributed by atoms with Crippen molar-refractivity contribution in [3.8, 4) is 5.75 Å². The van der Waals surface area contributed by atoms with Crippen molar-refractivity contribution >= 4 is 39.1 Å². The summed E-state index contributed by atoms with van der Waals surface area (Å²) < 4.78 is 21.8. The van der Waals surface area contributed by atoms with Crippen LogP contribution in [0.3, 0.4) is 0 Å². The van der Waals surface area contributed by atoms with E-state index in [1.807, 2.05) is 50.2 Å². The number of para-hydroxylation sites is 1. The smallest absolute Gasteiger partial charge is 0.255 e. The SMILES string of the molecule is Cc1nn(Cc2ccc(F)cc2Cl)c(C)c1NC(=O)c1cccc(COc2ccccc2Br)c1. The first-order valence-corrected chi connectivity index (χ1v) is 11.7. The van der Waals surface area contributed by atoms with Gasteiger partial charge in [-0.15, -0.1) is 0 Å². The van der Waals surface area contributed by atoms with E-state index < -0.39 is 0 Å². The number of carbonyl (C=O) groups excluding carboxylic acids is 1. The highest BCUT2D eigenvalue weighted by atomic mass is 79.9. The molecule has 4 rings (SSSR count). The third kappa shape index (κ3) is 5.48. The molecule has 0 unspecified atom stereocenters. The van der Waals surface area contributed by atoms with E-state index in [1.54, 1.807) is 22.9 Å². The van der Waals surface area contributed by atoms with E-state index in [2.05, 4.69) is 26.3 Å². The molecule has 5 nitrogen and oxygen atoms in total. The average molecular weight is 543 g/mol. The van der Waals surface area contributed by atoms with Gasteiger partial charge in [-0.1, -0.05) is 41.9 Å². The Bertz CT molecular complexity index is 1360. The van der Waals surface area contributed by atoms with Gasteiger partial charge in [0, 0.05) is 10.6 Å². The van der Waals surface area contributed by atoms with Crippen molar-refractivity contribution in [1.82, 2.24) is 9.78 Å². The molecule has 0 bridgehead atoms. The van der Waals surface area contributed by atoms with Gasteiger partial charge in [0.1, 0.15) is 18.2 Å². The van der Waals surface area contributed by atoms with Crippen molar-refractivity contribution < 1.29 is 13.9 Å². The maximum Gasteiger partial charge on any atom is 0.255 e. The van der Waals surface area contributed by atoms with Gasteiger partial charge in [0.2, 0.25) is 0 Å². The van der Waals surface area contributed by atoms with Gasteiger partial charge < -0.3 is 10.1 Å². The van der Waals surface area contributed by atoms with E-state index >= 15 is 0 Å². The minimum atomic E-state index is -0.390. The van der Waals surface area contributed by atoms with Crippen molar-refractivity contribution in [3.05, 3.63) is 110 Å². The first-order valence-electron chi connectivity index (χ1n) is 10.6. The molecule has 0 radical (unpaired) electrons. The van der Waals surface area contributed by atoms with E-state index in [1.165, 1.54) is 12.1 Å². The monoisotopic (exact) mass is 541 g/mol. The van der Waals surface area contributed by atoms with Crippen LogP contribution in [-0.2, 0) is 13.2 Å². The first-order chi connectivity index (χ1) is 16.3. The summed E-state index contributed by atoms with van der Waals surface area (Å²) in [6, 6.07) is 19.2. The van der Waals surface area contributed by atoms with Crippen LogP contribution in [0.5, 0.6) is 5.75 Å². The average Bonchev–Trinajstić information content (AvgIpc) is 3.08. The summed E-state index contributed by atoms with van der Waals surface area (Å²) in [6.45, 7) is 4.39. The van der Waals surface area contributed by atoms with Gasteiger partial charge in [-0.05, 0) is 77.3 Å². The predicted octanol–water partition coefficient (Wildman–Crippen LogP) is 6.93. The van der Waals surface area contributed by atoms with Crippen LogP contribution in [0, 0.1) is 19.7 Å². The summed E-state index contributed by atoms with van der Waals surface area (Å²) in [4.78, 5) is 13.0. The van der Waals surface area contributed by atoms with Crippen LogP contribution in [0.25, 0.3) is 0 Å². The molecule has 0 aliphatic heterocycles. The number of halogens is 3. The topological polar surface area (TPSA) is 56.2 Å². The van der Waals surface area contributed by atoms with E-state index in [0.717, 1.165) is 27.0 Å². The Kier molecular flexibility index (Phi) is 7.34. The summed E-state index contributed by atoms with van der Waals surface area (Å²) >= 11 is 9.63. The minimum Gasteiger partial charge on any atom is -0.488 e. The number of rotatable bonds is 7. The lowest BCUT2D eigenvalue weighted by molar-refractivity contribution is 0.102. The zero-order chi connectivity index (χ0) is 24.2. The third-order valence-corrected chi connectivity index (χ3v) is 6.38. The molecule has 0 saturated carbocycles. The number of carbonyl (C=O) groups is 1. The van der Waals surface area contributed by atoms with Crippen molar-refractivity contribution in [1.29, 1.82) is 0 Å². The number of nitrogens with one attached hydrogen (secondary N) is 1. The van der Waals surface area contributed by atoms with Crippen LogP contribution < -0.4 is 10.1 Å². The quantitative estimate of drug-likeness (QED) is 0.275. The second kappa shape index (κ2) is 10.4. The Labute approximate surface area is 210 Å². The largest absolute Gasteiger partial charge is 0.488 e. The van der Waals surface area contributed by atoms with Crippen LogP contribution in [0.2, 0.25) is 5.02 Å². The molecule has 34 heavy (non-hydrogen) atoms. The Morgan fingerprint density at radius 3 is 2.68 bits per heavy atom. The van der Waals surface area contributed by atoms with Crippen molar-refractivity contribution in [2.45, 2.75) is 27.0 Å². The highest BCUT2D eigenvalue weighted by molar-refractivity contribution is 9.10. The zero-order valence-electron chi connectivity index (χ0n) is 18.6. The Balaban J connectivity index is 1.47. The molecule has 1 heterocycles. The molecule has 8 heteroatoms. The highest BCUT2D eigenvalue weighted by Crippen LogP contribution is 2.26. The van der Waals surface area contributed by atoms with Gasteiger partial charge in [0.15, 0.2) is 0 Å². The summed E-state index contributed by atoms with van der Waals surface area (Å²) in [5.41, 5.74) is 4.22. The molecule has 0 aliphatic carbocycles. The molecule has 1 aromatic heterocycles. The van der Waals surface area contributed by atoms with Crippen LogP contribution in [0.15, 0.2) is 71.2 Å². The maximum atomic E-state index is 13.4. The number of hydrogen-bond acceptors (Lipinski definition) is 3. The van der Waals surface area contributed by atoms with Gasteiger partial charge >= 0.3 is 0 Å². The number of anilines is 1. The third-order valence-electron chi connectivity index (χ3n) is 5.38. The zero-order valence-corrected chi connectivity index (χ0v) is 21.0. The fourth-order valence-electron chi connectivity index (χ4n) is 3.55. The molecular formula is C26H22BrClFN3O2. The Morgan fingerprint density at radius 2 is 1.91 bits per heavy atom. The van der Waals surface area contributed by atoms with Crippen molar-refractivity contribution in [2.75, 3.05) is 5.32 Å². The lowest BCUT2D eigenvalue weighted by Gasteiger charge is -2.10. The molecule has 0 saturated heterocycles. The fourth-order valence-corrected chi connectivity index (χ4v) is 4.18. The first kappa shape index (κ1) is 24.0.